The summed E-state index contributed by atoms with van der Waals surface area (Å²) in [6.45, 7) is 16.5. The van der Waals surface area contributed by atoms with Crippen molar-refractivity contribution < 1.29 is 18.8 Å². The van der Waals surface area contributed by atoms with Gasteiger partial charge in [0.2, 0.25) is 0 Å². The molecule has 2 saturated heterocycles. The zero-order valence-electron chi connectivity index (χ0n) is 19.9. The molecule has 2 aliphatic rings. The first-order valence-corrected chi connectivity index (χ1v) is 11.0. The van der Waals surface area contributed by atoms with E-state index in [1.54, 1.807) is 4.90 Å². The Bertz CT molecular complexity index is 845. The van der Waals surface area contributed by atoms with Gasteiger partial charge in [-0.25, -0.2) is 4.79 Å². The highest BCUT2D eigenvalue weighted by Gasteiger charge is 2.51. The number of rotatable bonds is 3. The maximum Gasteiger partial charge on any atom is 0.494 e. The summed E-state index contributed by atoms with van der Waals surface area (Å²) in [6, 6.07) is 6.31. The van der Waals surface area contributed by atoms with E-state index in [2.05, 4.69) is 56.7 Å². The van der Waals surface area contributed by atoms with Gasteiger partial charge in [0.1, 0.15) is 5.60 Å². The molecule has 31 heavy (non-hydrogen) atoms. The Morgan fingerprint density at radius 2 is 1.68 bits per heavy atom. The molecule has 1 aromatic carbocycles. The maximum atomic E-state index is 12.4. The van der Waals surface area contributed by atoms with E-state index < -0.39 is 23.9 Å². The fraction of sp³-hybridized carbons (Fsp3) is 0.625. The van der Waals surface area contributed by atoms with Crippen LogP contribution in [0.5, 0.6) is 0 Å². The monoisotopic (exact) mass is 426 g/mol. The molecule has 3 rings (SSSR count). The second-order valence-electron chi connectivity index (χ2n) is 10.4. The van der Waals surface area contributed by atoms with Crippen LogP contribution in [0.4, 0.5) is 10.5 Å². The van der Waals surface area contributed by atoms with Crippen molar-refractivity contribution in [2.75, 3.05) is 31.1 Å². The molecule has 6 nitrogen and oxygen atoms in total. The highest BCUT2D eigenvalue weighted by Crippen LogP contribution is 2.36. The zero-order valence-corrected chi connectivity index (χ0v) is 19.9. The van der Waals surface area contributed by atoms with Gasteiger partial charge in [0.05, 0.1) is 11.2 Å². The molecule has 0 radical (unpaired) electrons. The maximum absolute atomic E-state index is 12.4. The molecular weight excluding hydrogens is 391 g/mol. The standard InChI is InChI=1S/C24H35BN2O4/c1-9-10-18-15-19(25-30-23(5,6)24(7,8)31-25)17-20(16-18)26-11-13-27(14-12-26)21(28)29-22(2,3)4/h1,15-17H,10-14H2,2-8H3. The van der Waals surface area contributed by atoms with E-state index >= 15 is 0 Å². The van der Waals surface area contributed by atoms with Gasteiger partial charge >= 0.3 is 13.2 Å². The van der Waals surface area contributed by atoms with Crippen molar-refractivity contribution in [1.82, 2.24) is 4.90 Å². The number of hydrogen-bond acceptors (Lipinski definition) is 5. The van der Waals surface area contributed by atoms with Crippen molar-refractivity contribution in [3.63, 3.8) is 0 Å². The number of hydrogen-bond donors (Lipinski definition) is 0. The average molecular weight is 426 g/mol. The van der Waals surface area contributed by atoms with Crippen LogP contribution in [0.3, 0.4) is 0 Å². The van der Waals surface area contributed by atoms with Crippen LogP contribution in [0.2, 0.25) is 0 Å². The lowest BCUT2D eigenvalue weighted by molar-refractivity contribution is 0.00578. The van der Waals surface area contributed by atoms with Crippen molar-refractivity contribution in [1.29, 1.82) is 0 Å². The van der Waals surface area contributed by atoms with E-state index in [0.29, 0.717) is 19.5 Å². The minimum Gasteiger partial charge on any atom is -0.444 e. The van der Waals surface area contributed by atoms with E-state index in [9.17, 15) is 4.79 Å². The molecule has 0 atom stereocenters. The molecule has 7 heteroatoms. The van der Waals surface area contributed by atoms with E-state index in [4.69, 9.17) is 20.5 Å². The number of amides is 1. The molecule has 0 aliphatic carbocycles. The quantitative estimate of drug-likeness (QED) is 0.549. The van der Waals surface area contributed by atoms with E-state index in [-0.39, 0.29) is 6.09 Å². The summed E-state index contributed by atoms with van der Waals surface area (Å²) in [5.41, 5.74) is 1.80. The molecule has 2 heterocycles. The van der Waals surface area contributed by atoms with Gasteiger partial charge in [0.25, 0.3) is 0 Å². The largest absolute Gasteiger partial charge is 0.494 e. The van der Waals surface area contributed by atoms with Crippen molar-refractivity contribution >= 4 is 24.4 Å². The smallest absolute Gasteiger partial charge is 0.444 e. The molecule has 0 spiro atoms. The Kier molecular flexibility index (Phi) is 6.37. The third-order valence-corrected chi connectivity index (χ3v) is 6.13. The fourth-order valence-corrected chi connectivity index (χ4v) is 3.69. The zero-order chi connectivity index (χ0) is 23.0. The van der Waals surface area contributed by atoms with E-state index in [1.807, 2.05) is 20.8 Å². The molecule has 168 valence electrons. The minimum atomic E-state index is -0.491. The predicted molar refractivity (Wildman–Crippen MR) is 125 cm³/mol. The van der Waals surface area contributed by atoms with Crippen molar-refractivity contribution in [3.8, 4) is 12.3 Å². The lowest BCUT2D eigenvalue weighted by Crippen LogP contribution is -2.50. The fourth-order valence-electron chi connectivity index (χ4n) is 3.69. The number of benzene rings is 1. The van der Waals surface area contributed by atoms with Crippen molar-refractivity contribution in [2.45, 2.75) is 71.7 Å². The second-order valence-corrected chi connectivity index (χ2v) is 10.4. The van der Waals surface area contributed by atoms with Crippen LogP contribution in [0.25, 0.3) is 0 Å². The van der Waals surface area contributed by atoms with Crippen LogP contribution in [0, 0.1) is 12.3 Å². The summed E-state index contributed by atoms with van der Waals surface area (Å²) >= 11 is 0. The van der Waals surface area contributed by atoms with Crippen molar-refractivity contribution in [3.05, 3.63) is 23.8 Å². The number of carbonyl (C=O) groups excluding carboxylic acids is 1. The Morgan fingerprint density at radius 3 is 2.19 bits per heavy atom. The topological polar surface area (TPSA) is 51.2 Å². The number of carbonyl (C=O) groups is 1. The van der Waals surface area contributed by atoms with Gasteiger partial charge < -0.3 is 23.8 Å². The summed E-state index contributed by atoms with van der Waals surface area (Å²) < 4.78 is 18.0. The number of piperazine rings is 1. The minimum absolute atomic E-state index is 0.258. The molecular formula is C24H35BN2O4. The molecule has 1 aromatic rings. The van der Waals surface area contributed by atoms with Gasteiger partial charge in [-0.15, -0.1) is 12.3 Å². The van der Waals surface area contributed by atoms with Gasteiger partial charge in [-0.1, -0.05) is 6.07 Å². The number of ether oxygens (including phenoxy) is 1. The molecule has 1 amide bonds. The molecule has 0 bridgehead atoms. The van der Waals surface area contributed by atoms with Crippen LogP contribution in [-0.4, -0.2) is 61.1 Å². The third kappa shape index (κ3) is 5.37. The van der Waals surface area contributed by atoms with Crippen LogP contribution in [0.1, 0.15) is 54.0 Å². The predicted octanol–water partition coefficient (Wildman–Crippen LogP) is 3.22. The molecule has 0 aromatic heterocycles. The summed E-state index contributed by atoms with van der Waals surface area (Å²) in [5, 5.41) is 0. The van der Waals surface area contributed by atoms with Crippen LogP contribution in [0.15, 0.2) is 18.2 Å². The van der Waals surface area contributed by atoms with Gasteiger partial charge in [-0.3, -0.25) is 0 Å². The van der Waals surface area contributed by atoms with Gasteiger partial charge in [0, 0.05) is 38.3 Å². The normalized spacial score (nSPS) is 20.5. The lowest BCUT2D eigenvalue weighted by atomic mass is 9.77. The molecule has 2 fully saturated rings. The van der Waals surface area contributed by atoms with Crippen LogP contribution >= 0.6 is 0 Å². The molecule has 2 aliphatic heterocycles. The molecule has 0 N–H and O–H groups in total. The van der Waals surface area contributed by atoms with E-state index in [1.165, 1.54) is 0 Å². The SMILES string of the molecule is C#CCc1cc(B2OC(C)(C)C(C)(C)O2)cc(N2CCN(C(=O)OC(C)(C)C)CC2)c1. The molecule has 0 saturated carbocycles. The molecule has 0 unspecified atom stereocenters. The third-order valence-electron chi connectivity index (χ3n) is 6.13. The summed E-state index contributed by atoms with van der Waals surface area (Å²) in [7, 11) is -0.440. The Balaban J connectivity index is 1.77. The second kappa shape index (κ2) is 8.40. The van der Waals surface area contributed by atoms with Gasteiger partial charge in [-0.2, -0.15) is 0 Å². The Hall–Kier alpha value is -2.17. The number of terminal acetylenes is 1. The van der Waals surface area contributed by atoms with Crippen LogP contribution < -0.4 is 10.4 Å². The number of nitrogens with zero attached hydrogens (tertiary/aromatic N) is 2. The lowest BCUT2D eigenvalue weighted by Gasteiger charge is -2.37. The van der Waals surface area contributed by atoms with Crippen molar-refractivity contribution in [2.24, 2.45) is 0 Å². The highest BCUT2D eigenvalue weighted by atomic mass is 16.7. The van der Waals surface area contributed by atoms with Gasteiger partial charge in [0.15, 0.2) is 0 Å². The Labute approximate surface area is 187 Å². The van der Waals surface area contributed by atoms with E-state index in [0.717, 1.165) is 29.8 Å². The first-order valence-electron chi connectivity index (χ1n) is 11.0. The first-order chi connectivity index (χ1) is 14.3. The summed E-state index contributed by atoms with van der Waals surface area (Å²) in [5.74, 6) is 2.74. The highest BCUT2D eigenvalue weighted by molar-refractivity contribution is 6.62. The Morgan fingerprint density at radius 1 is 1.10 bits per heavy atom. The summed E-state index contributed by atoms with van der Waals surface area (Å²) in [6.07, 6.45) is 5.88. The first kappa shape index (κ1) is 23.5. The number of anilines is 1. The average Bonchev–Trinajstić information content (AvgIpc) is 2.88. The van der Waals surface area contributed by atoms with Gasteiger partial charge in [-0.05, 0) is 71.6 Å². The van der Waals surface area contributed by atoms with Crippen LogP contribution in [-0.2, 0) is 20.5 Å². The summed E-state index contributed by atoms with van der Waals surface area (Å²) in [4.78, 5) is 16.4.